The summed E-state index contributed by atoms with van der Waals surface area (Å²) < 4.78 is 31.1. The van der Waals surface area contributed by atoms with Crippen LogP contribution in [-0.2, 0) is 0 Å². The van der Waals surface area contributed by atoms with Crippen molar-refractivity contribution in [1.29, 1.82) is 5.41 Å². The van der Waals surface area contributed by atoms with Crippen LogP contribution in [0.1, 0.15) is 11.4 Å². The molecule has 0 amide bonds. The Balaban J connectivity index is 1.91. The van der Waals surface area contributed by atoms with Gasteiger partial charge in [-0.3, -0.25) is 19.9 Å². The molecule has 0 spiro atoms. The Labute approximate surface area is 186 Å². The van der Waals surface area contributed by atoms with E-state index in [1.54, 1.807) is 30.0 Å². The van der Waals surface area contributed by atoms with Gasteiger partial charge in [0.25, 0.3) is 0 Å². The number of fused-ring (bicyclic) bond motifs is 2. The molecule has 0 aliphatic rings. The molecular weight excluding hydrogens is 424 g/mol. The van der Waals surface area contributed by atoms with E-state index in [2.05, 4.69) is 19.9 Å². The van der Waals surface area contributed by atoms with Crippen LogP contribution in [0.25, 0.3) is 38.8 Å². The summed E-state index contributed by atoms with van der Waals surface area (Å²) >= 11 is 0. The maximum Gasteiger partial charge on any atom is 0.149 e. The van der Waals surface area contributed by atoms with E-state index in [-0.39, 0.29) is 16.7 Å². The van der Waals surface area contributed by atoms with Crippen LogP contribution in [0.2, 0.25) is 0 Å². The fourth-order valence-electron chi connectivity index (χ4n) is 4.01. The SMILES string of the molecule is Cc1nc2c(C(N)=NC=N)cc(-c3ccncc3)cc2n1-c1ccnc2c(F)ccc(F)c12. The predicted molar refractivity (Wildman–Crippen MR) is 124 cm³/mol. The van der Waals surface area contributed by atoms with Crippen LogP contribution in [0.3, 0.4) is 0 Å². The van der Waals surface area contributed by atoms with Crippen molar-refractivity contribution in [2.75, 3.05) is 0 Å². The Bertz CT molecular complexity index is 1570. The van der Waals surface area contributed by atoms with Gasteiger partial charge in [-0.2, -0.15) is 0 Å². The number of aliphatic imine (C=N–C) groups is 1. The zero-order valence-corrected chi connectivity index (χ0v) is 17.4. The number of hydrogen-bond acceptors (Lipinski definition) is 4. The molecule has 0 aliphatic heterocycles. The van der Waals surface area contributed by atoms with Crippen molar-refractivity contribution < 1.29 is 8.78 Å². The van der Waals surface area contributed by atoms with Crippen LogP contribution >= 0.6 is 0 Å². The zero-order valence-electron chi connectivity index (χ0n) is 17.4. The van der Waals surface area contributed by atoms with E-state index in [0.717, 1.165) is 29.6 Å². The van der Waals surface area contributed by atoms with E-state index >= 15 is 0 Å². The van der Waals surface area contributed by atoms with Gasteiger partial charge in [0.05, 0.1) is 16.6 Å². The molecule has 0 bridgehead atoms. The van der Waals surface area contributed by atoms with Crippen molar-refractivity contribution in [2.24, 2.45) is 10.7 Å². The highest BCUT2D eigenvalue weighted by atomic mass is 19.1. The maximum atomic E-state index is 14.9. The molecule has 33 heavy (non-hydrogen) atoms. The van der Waals surface area contributed by atoms with E-state index in [1.807, 2.05) is 24.3 Å². The third-order valence-corrected chi connectivity index (χ3v) is 5.43. The number of rotatable bonds is 4. The topological polar surface area (TPSA) is 106 Å². The van der Waals surface area contributed by atoms with Crippen LogP contribution in [0.5, 0.6) is 0 Å². The third kappa shape index (κ3) is 3.30. The molecule has 0 unspecified atom stereocenters. The van der Waals surface area contributed by atoms with E-state index in [4.69, 9.17) is 11.1 Å². The minimum absolute atomic E-state index is 0.0527. The standard InChI is InChI=1S/C24H17F2N7/c1-13-32-22-16(24(28)31-12-27)10-15(14-4-7-29-8-5-14)11-20(22)33(13)19-6-9-30-23-18(26)3-2-17(25)21(19)23/h2-12H,1H3,(H3,27,28,31). The Morgan fingerprint density at radius 3 is 2.52 bits per heavy atom. The lowest BCUT2D eigenvalue weighted by Crippen LogP contribution is -2.14. The maximum absolute atomic E-state index is 14.9. The number of nitrogens with two attached hydrogens (primary N) is 1. The van der Waals surface area contributed by atoms with E-state index in [0.29, 0.717) is 28.1 Å². The van der Waals surface area contributed by atoms with E-state index < -0.39 is 11.6 Å². The third-order valence-electron chi connectivity index (χ3n) is 5.43. The second-order valence-electron chi connectivity index (χ2n) is 7.35. The van der Waals surface area contributed by atoms with Gasteiger partial charge in [-0.15, -0.1) is 0 Å². The molecule has 7 nitrogen and oxygen atoms in total. The first-order valence-corrected chi connectivity index (χ1v) is 9.98. The predicted octanol–water partition coefficient (Wildman–Crippen LogP) is 4.53. The van der Waals surface area contributed by atoms with Crippen molar-refractivity contribution in [3.63, 3.8) is 0 Å². The quantitative estimate of drug-likeness (QED) is 0.316. The van der Waals surface area contributed by atoms with Crippen LogP contribution in [0.4, 0.5) is 8.78 Å². The van der Waals surface area contributed by atoms with Crippen molar-refractivity contribution in [2.45, 2.75) is 6.92 Å². The molecule has 0 radical (unpaired) electrons. The summed E-state index contributed by atoms with van der Waals surface area (Å²) in [5, 5.41) is 7.37. The monoisotopic (exact) mass is 441 g/mol. The van der Waals surface area contributed by atoms with Crippen LogP contribution in [-0.4, -0.2) is 31.7 Å². The van der Waals surface area contributed by atoms with Gasteiger partial charge >= 0.3 is 0 Å². The van der Waals surface area contributed by atoms with Crippen LogP contribution < -0.4 is 5.73 Å². The van der Waals surface area contributed by atoms with Gasteiger partial charge in [0, 0.05) is 24.2 Å². The lowest BCUT2D eigenvalue weighted by Gasteiger charge is -2.13. The van der Waals surface area contributed by atoms with Gasteiger partial charge < -0.3 is 5.73 Å². The Hall–Kier alpha value is -4.53. The first kappa shape index (κ1) is 20.4. The lowest BCUT2D eigenvalue weighted by molar-refractivity contribution is 0.615. The Kier molecular flexibility index (Phi) is 4.86. The molecule has 2 aromatic carbocycles. The molecule has 0 aliphatic carbocycles. The average Bonchev–Trinajstić information content (AvgIpc) is 3.16. The largest absolute Gasteiger partial charge is 0.383 e. The molecule has 3 heterocycles. The highest BCUT2D eigenvalue weighted by Gasteiger charge is 2.20. The second kappa shape index (κ2) is 7.86. The number of nitrogens with one attached hydrogen (secondary N) is 1. The summed E-state index contributed by atoms with van der Waals surface area (Å²) in [6.45, 7) is 1.77. The first-order valence-electron chi connectivity index (χ1n) is 9.98. The number of aryl methyl sites for hydroxylation is 1. The summed E-state index contributed by atoms with van der Waals surface area (Å²) in [5.41, 5.74) is 9.84. The Morgan fingerprint density at radius 1 is 1.00 bits per heavy atom. The lowest BCUT2D eigenvalue weighted by atomic mass is 10.0. The fraction of sp³-hybridized carbons (Fsp3) is 0.0417. The van der Waals surface area contributed by atoms with Crippen LogP contribution in [0, 0.1) is 24.0 Å². The van der Waals surface area contributed by atoms with E-state index in [9.17, 15) is 8.78 Å². The van der Waals surface area contributed by atoms with Crippen molar-refractivity contribution >= 4 is 34.1 Å². The fourth-order valence-corrected chi connectivity index (χ4v) is 4.01. The van der Waals surface area contributed by atoms with Crippen molar-refractivity contribution in [3.8, 4) is 16.8 Å². The number of aromatic nitrogens is 4. The molecule has 0 atom stereocenters. The summed E-state index contributed by atoms with van der Waals surface area (Å²) in [5.74, 6) is -0.550. The molecule has 5 aromatic rings. The normalized spacial score (nSPS) is 11.9. The van der Waals surface area contributed by atoms with Gasteiger partial charge in [0.1, 0.15) is 40.7 Å². The number of imidazole rings is 1. The number of amidine groups is 1. The molecule has 9 heteroatoms. The van der Waals surface area contributed by atoms with Crippen molar-refractivity contribution in [1.82, 2.24) is 19.5 Å². The number of hydrogen-bond donors (Lipinski definition) is 2. The van der Waals surface area contributed by atoms with Gasteiger partial charge in [0.15, 0.2) is 0 Å². The van der Waals surface area contributed by atoms with Gasteiger partial charge in [-0.1, -0.05) is 0 Å². The summed E-state index contributed by atoms with van der Waals surface area (Å²) in [4.78, 5) is 16.7. The number of nitrogens with zero attached hydrogens (tertiary/aromatic N) is 5. The summed E-state index contributed by atoms with van der Waals surface area (Å²) in [7, 11) is 0. The number of pyridine rings is 2. The minimum Gasteiger partial charge on any atom is -0.383 e. The average molecular weight is 441 g/mol. The molecular formula is C24H17F2N7. The van der Waals surface area contributed by atoms with E-state index in [1.165, 1.54) is 6.20 Å². The summed E-state index contributed by atoms with van der Waals surface area (Å²) in [6, 6.07) is 11.2. The van der Waals surface area contributed by atoms with Gasteiger partial charge in [-0.05, 0) is 60.5 Å². The number of halogens is 2. The van der Waals surface area contributed by atoms with Crippen molar-refractivity contribution in [3.05, 3.63) is 84.1 Å². The molecule has 3 N–H and O–H groups in total. The highest BCUT2D eigenvalue weighted by Crippen LogP contribution is 2.33. The molecule has 0 saturated carbocycles. The molecule has 3 aromatic heterocycles. The second-order valence-corrected chi connectivity index (χ2v) is 7.35. The first-order chi connectivity index (χ1) is 16.0. The van der Waals surface area contributed by atoms with Gasteiger partial charge in [0.2, 0.25) is 0 Å². The molecule has 0 fully saturated rings. The smallest absolute Gasteiger partial charge is 0.149 e. The van der Waals surface area contributed by atoms with Gasteiger partial charge in [-0.25, -0.2) is 18.8 Å². The Morgan fingerprint density at radius 2 is 1.76 bits per heavy atom. The minimum atomic E-state index is -0.615. The zero-order chi connectivity index (χ0) is 23.1. The molecule has 0 saturated heterocycles. The summed E-state index contributed by atoms with van der Waals surface area (Å²) in [6.07, 6.45) is 5.64. The number of benzene rings is 2. The van der Waals surface area contributed by atoms with Crippen LogP contribution in [0.15, 0.2) is 66.0 Å². The molecule has 5 rings (SSSR count). The molecule has 162 valence electrons. The highest BCUT2D eigenvalue weighted by molar-refractivity contribution is 6.11.